The second kappa shape index (κ2) is 4.41. The fourth-order valence-electron chi connectivity index (χ4n) is 3.27. The first-order valence-electron chi connectivity index (χ1n) is 6.57. The van der Waals surface area contributed by atoms with E-state index in [0.717, 1.165) is 30.9 Å². The van der Waals surface area contributed by atoms with Crippen LogP contribution >= 0.6 is 0 Å². The van der Waals surface area contributed by atoms with E-state index in [1.807, 2.05) is 12.1 Å². The zero-order valence-corrected chi connectivity index (χ0v) is 11.0. The molecule has 1 aromatic heterocycles. The van der Waals surface area contributed by atoms with Gasteiger partial charge in [0.2, 0.25) is 0 Å². The van der Waals surface area contributed by atoms with Crippen molar-refractivity contribution in [2.24, 2.45) is 5.73 Å². The van der Waals surface area contributed by atoms with Gasteiger partial charge in [-0.1, -0.05) is 18.2 Å². The number of likely N-dealkylation sites (N-methyl/N-ethyl adjacent to an activating group) is 1. The van der Waals surface area contributed by atoms with Crippen LogP contribution in [-0.4, -0.2) is 31.1 Å². The summed E-state index contributed by atoms with van der Waals surface area (Å²) < 4.78 is 5.86. The number of rotatable bonds is 1. The van der Waals surface area contributed by atoms with Gasteiger partial charge in [0.1, 0.15) is 11.3 Å². The molecule has 1 saturated heterocycles. The Kier molecular flexibility index (Phi) is 2.88. The van der Waals surface area contributed by atoms with E-state index in [1.165, 1.54) is 10.9 Å². The molecule has 0 spiro atoms. The van der Waals surface area contributed by atoms with Gasteiger partial charge in [-0.25, -0.2) is 0 Å². The van der Waals surface area contributed by atoms with Gasteiger partial charge in [0.25, 0.3) is 0 Å². The highest BCUT2D eigenvalue weighted by molar-refractivity contribution is 5.82. The SMILES string of the molecule is Cc1oc2ccccc2c1C1CC(N)CN(C)C1. The summed E-state index contributed by atoms with van der Waals surface area (Å²) in [5.74, 6) is 1.53. The van der Waals surface area contributed by atoms with E-state index in [-0.39, 0.29) is 6.04 Å². The Balaban J connectivity index is 2.05. The molecule has 1 aliphatic rings. The predicted octanol–water partition coefficient (Wildman–Crippen LogP) is 2.49. The van der Waals surface area contributed by atoms with Crippen molar-refractivity contribution in [3.8, 4) is 0 Å². The molecule has 1 fully saturated rings. The summed E-state index contributed by atoms with van der Waals surface area (Å²) in [5, 5.41) is 1.25. The molecule has 0 bridgehead atoms. The van der Waals surface area contributed by atoms with Crippen LogP contribution in [0.5, 0.6) is 0 Å². The van der Waals surface area contributed by atoms with E-state index in [4.69, 9.17) is 10.2 Å². The second-order valence-corrected chi connectivity index (χ2v) is 5.48. The zero-order valence-electron chi connectivity index (χ0n) is 11.0. The molecule has 3 rings (SSSR count). The van der Waals surface area contributed by atoms with Gasteiger partial charge in [-0.3, -0.25) is 0 Å². The molecule has 3 heteroatoms. The van der Waals surface area contributed by atoms with Gasteiger partial charge in [-0.15, -0.1) is 0 Å². The number of piperidine rings is 1. The van der Waals surface area contributed by atoms with Crippen LogP contribution < -0.4 is 5.73 Å². The lowest BCUT2D eigenvalue weighted by Gasteiger charge is -2.33. The smallest absolute Gasteiger partial charge is 0.134 e. The molecule has 0 amide bonds. The van der Waals surface area contributed by atoms with E-state index < -0.39 is 0 Å². The predicted molar refractivity (Wildman–Crippen MR) is 73.8 cm³/mol. The molecule has 2 N–H and O–H groups in total. The standard InChI is InChI=1S/C15H20N2O/c1-10-15(11-7-12(16)9-17(2)8-11)13-5-3-4-6-14(13)18-10/h3-6,11-12H,7-9,16H2,1-2H3. The highest BCUT2D eigenvalue weighted by atomic mass is 16.3. The lowest BCUT2D eigenvalue weighted by atomic mass is 9.87. The normalized spacial score (nSPS) is 25.7. The fourth-order valence-corrected chi connectivity index (χ4v) is 3.27. The summed E-state index contributed by atoms with van der Waals surface area (Å²) in [6.45, 7) is 4.12. The maximum atomic E-state index is 6.14. The van der Waals surface area contributed by atoms with Gasteiger partial charge >= 0.3 is 0 Å². The molecule has 0 aliphatic carbocycles. The van der Waals surface area contributed by atoms with Crippen LogP contribution in [-0.2, 0) is 0 Å². The molecule has 0 radical (unpaired) electrons. The first kappa shape index (κ1) is 11.8. The van der Waals surface area contributed by atoms with Crippen LogP contribution in [0.2, 0.25) is 0 Å². The minimum absolute atomic E-state index is 0.266. The van der Waals surface area contributed by atoms with Gasteiger partial charge in [0.15, 0.2) is 0 Å². The molecule has 2 heterocycles. The van der Waals surface area contributed by atoms with Crippen molar-refractivity contribution in [3.63, 3.8) is 0 Å². The van der Waals surface area contributed by atoms with Crippen molar-refractivity contribution in [2.45, 2.75) is 25.3 Å². The minimum Gasteiger partial charge on any atom is -0.461 e. The third-order valence-electron chi connectivity index (χ3n) is 3.89. The van der Waals surface area contributed by atoms with Crippen molar-refractivity contribution in [1.29, 1.82) is 0 Å². The molecule has 2 unspecified atom stereocenters. The lowest BCUT2D eigenvalue weighted by molar-refractivity contribution is 0.226. The molecule has 3 nitrogen and oxygen atoms in total. The number of hydrogen-bond acceptors (Lipinski definition) is 3. The Bertz CT molecular complexity index is 551. The van der Waals surface area contributed by atoms with Crippen LogP contribution in [0.15, 0.2) is 28.7 Å². The highest BCUT2D eigenvalue weighted by Crippen LogP contribution is 2.35. The number of aryl methyl sites for hydroxylation is 1. The van der Waals surface area contributed by atoms with Crippen molar-refractivity contribution in [1.82, 2.24) is 4.90 Å². The number of likely N-dealkylation sites (tertiary alicyclic amines) is 1. The second-order valence-electron chi connectivity index (χ2n) is 5.48. The largest absolute Gasteiger partial charge is 0.461 e. The average molecular weight is 244 g/mol. The van der Waals surface area contributed by atoms with E-state index in [0.29, 0.717) is 5.92 Å². The Hall–Kier alpha value is -1.32. The summed E-state index contributed by atoms with van der Waals surface area (Å²) in [5.41, 5.74) is 8.49. The summed E-state index contributed by atoms with van der Waals surface area (Å²) >= 11 is 0. The number of fused-ring (bicyclic) bond motifs is 1. The summed E-state index contributed by atoms with van der Waals surface area (Å²) in [6.07, 6.45) is 1.05. The maximum absolute atomic E-state index is 6.14. The average Bonchev–Trinajstić information content (AvgIpc) is 2.63. The van der Waals surface area contributed by atoms with Crippen molar-refractivity contribution >= 4 is 11.0 Å². The molecular formula is C15H20N2O. The Morgan fingerprint density at radius 1 is 1.28 bits per heavy atom. The fraction of sp³-hybridized carbons (Fsp3) is 0.467. The maximum Gasteiger partial charge on any atom is 0.134 e. The van der Waals surface area contributed by atoms with Gasteiger partial charge in [-0.05, 0) is 26.5 Å². The molecule has 2 atom stereocenters. The zero-order chi connectivity index (χ0) is 12.7. The van der Waals surface area contributed by atoms with Crippen LogP contribution in [0.3, 0.4) is 0 Å². The minimum atomic E-state index is 0.266. The third-order valence-corrected chi connectivity index (χ3v) is 3.89. The monoisotopic (exact) mass is 244 g/mol. The number of nitrogens with zero attached hydrogens (tertiary/aromatic N) is 1. The van der Waals surface area contributed by atoms with Gasteiger partial charge in [-0.2, -0.15) is 0 Å². The van der Waals surface area contributed by atoms with Crippen LogP contribution in [0.1, 0.15) is 23.7 Å². The topological polar surface area (TPSA) is 42.4 Å². The summed E-state index contributed by atoms with van der Waals surface area (Å²) in [7, 11) is 2.14. The summed E-state index contributed by atoms with van der Waals surface area (Å²) in [4.78, 5) is 2.32. The number of nitrogens with two attached hydrogens (primary N) is 1. The van der Waals surface area contributed by atoms with Gasteiger partial charge in [0, 0.05) is 36.0 Å². The van der Waals surface area contributed by atoms with Crippen LogP contribution in [0.4, 0.5) is 0 Å². The summed E-state index contributed by atoms with van der Waals surface area (Å²) in [6, 6.07) is 8.56. The van der Waals surface area contributed by atoms with E-state index in [2.05, 4.69) is 31.0 Å². The highest BCUT2D eigenvalue weighted by Gasteiger charge is 2.28. The number of furan rings is 1. The Morgan fingerprint density at radius 3 is 2.83 bits per heavy atom. The van der Waals surface area contributed by atoms with Crippen LogP contribution in [0, 0.1) is 6.92 Å². The van der Waals surface area contributed by atoms with Crippen molar-refractivity contribution in [3.05, 3.63) is 35.6 Å². The molecule has 96 valence electrons. The van der Waals surface area contributed by atoms with Gasteiger partial charge < -0.3 is 15.1 Å². The molecular weight excluding hydrogens is 224 g/mol. The molecule has 2 aromatic rings. The number of benzene rings is 1. The quantitative estimate of drug-likeness (QED) is 0.838. The molecule has 0 saturated carbocycles. The van der Waals surface area contributed by atoms with Crippen molar-refractivity contribution < 1.29 is 4.42 Å². The lowest BCUT2D eigenvalue weighted by Crippen LogP contribution is -2.44. The Labute approximate surface area is 108 Å². The molecule has 1 aromatic carbocycles. The van der Waals surface area contributed by atoms with E-state index in [1.54, 1.807) is 0 Å². The van der Waals surface area contributed by atoms with Crippen LogP contribution in [0.25, 0.3) is 11.0 Å². The number of hydrogen-bond donors (Lipinski definition) is 1. The first-order valence-corrected chi connectivity index (χ1v) is 6.57. The van der Waals surface area contributed by atoms with E-state index >= 15 is 0 Å². The molecule has 18 heavy (non-hydrogen) atoms. The van der Waals surface area contributed by atoms with Gasteiger partial charge in [0.05, 0.1) is 0 Å². The van der Waals surface area contributed by atoms with E-state index in [9.17, 15) is 0 Å². The Morgan fingerprint density at radius 2 is 2.06 bits per heavy atom. The first-order chi connectivity index (χ1) is 8.65. The van der Waals surface area contributed by atoms with Crippen molar-refractivity contribution in [2.75, 3.05) is 20.1 Å². The molecule has 1 aliphatic heterocycles. The number of para-hydroxylation sites is 1. The third kappa shape index (κ3) is 1.93.